The third-order valence-corrected chi connectivity index (χ3v) is 2.16. The van der Waals surface area contributed by atoms with E-state index in [9.17, 15) is 4.79 Å². The fourth-order valence-electron chi connectivity index (χ4n) is 1.39. The lowest BCUT2D eigenvalue weighted by Crippen LogP contribution is -2.36. The topological polar surface area (TPSA) is 38.8 Å². The van der Waals surface area contributed by atoms with Crippen LogP contribution in [0.1, 0.15) is 47.0 Å². The maximum atomic E-state index is 9.82. The van der Waals surface area contributed by atoms with E-state index in [0.29, 0.717) is 13.1 Å². The normalized spacial score (nSPS) is 14.7. The predicted molar refractivity (Wildman–Crippen MR) is 75.8 cm³/mol. The van der Waals surface area contributed by atoms with Crippen LogP contribution >= 0.6 is 0 Å². The van der Waals surface area contributed by atoms with Crippen molar-refractivity contribution >= 4 is 6.47 Å². The van der Waals surface area contributed by atoms with Gasteiger partial charge in [0, 0.05) is 13.1 Å². The summed E-state index contributed by atoms with van der Waals surface area (Å²) in [5, 5.41) is 0. The standard InChI is InChI=1S/C9H17NO3.C3H8.C2H6/c11-9-13-6-2-1-3-10-4-7-12-8-5-10;1-3-2;1-2/h9H,1-8H2;3H2,1-2H3;1-2H3. The van der Waals surface area contributed by atoms with Crippen LogP contribution in [0, 0.1) is 0 Å². The summed E-state index contributed by atoms with van der Waals surface area (Å²) < 4.78 is 9.83. The minimum atomic E-state index is 0.509. The maximum absolute atomic E-state index is 9.82. The zero-order valence-electron chi connectivity index (χ0n) is 12.6. The molecule has 0 saturated carbocycles. The molecule has 110 valence electrons. The van der Waals surface area contributed by atoms with E-state index in [0.717, 1.165) is 45.7 Å². The largest absolute Gasteiger partial charge is 0.468 e. The van der Waals surface area contributed by atoms with Crippen LogP contribution in [0.25, 0.3) is 0 Å². The Bertz CT molecular complexity index is 148. The monoisotopic (exact) mass is 261 g/mol. The Morgan fingerprint density at radius 1 is 1.17 bits per heavy atom. The number of nitrogens with zero attached hydrogens (tertiary/aromatic N) is 1. The number of ether oxygens (including phenoxy) is 2. The van der Waals surface area contributed by atoms with Crippen LogP contribution in [0.4, 0.5) is 0 Å². The molecule has 0 aromatic heterocycles. The van der Waals surface area contributed by atoms with Gasteiger partial charge in [0.15, 0.2) is 0 Å². The summed E-state index contributed by atoms with van der Waals surface area (Å²) >= 11 is 0. The average molecular weight is 261 g/mol. The smallest absolute Gasteiger partial charge is 0.293 e. The highest BCUT2D eigenvalue weighted by Gasteiger charge is 2.08. The Morgan fingerprint density at radius 3 is 2.22 bits per heavy atom. The highest BCUT2D eigenvalue weighted by molar-refractivity contribution is 5.36. The molecule has 0 aromatic rings. The third-order valence-electron chi connectivity index (χ3n) is 2.16. The van der Waals surface area contributed by atoms with E-state index in [1.54, 1.807) is 0 Å². The first-order valence-electron chi connectivity index (χ1n) is 7.20. The van der Waals surface area contributed by atoms with Crippen LogP contribution in [0.15, 0.2) is 0 Å². The van der Waals surface area contributed by atoms with Crippen molar-refractivity contribution in [2.75, 3.05) is 39.5 Å². The van der Waals surface area contributed by atoms with Crippen LogP contribution < -0.4 is 0 Å². The lowest BCUT2D eigenvalue weighted by atomic mass is 10.3. The summed E-state index contributed by atoms with van der Waals surface area (Å²) in [5.74, 6) is 0. The van der Waals surface area contributed by atoms with Crippen molar-refractivity contribution in [3.05, 3.63) is 0 Å². The Morgan fingerprint density at radius 2 is 1.72 bits per heavy atom. The molecule has 4 nitrogen and oxygen atoms in total. The van der Waals surface area contributed by atoms with Gasteiger partial charge in [-0.2, -0.15) is 0 Å². The number of morpholine rings is 1. The highest BCUT2D eigenvalue weighted by Crippen LogP contribution is 1.99. The molecule has 0 radical (unpaired) electrons. The van der Waals surface area contributed by atoms with Gasteiger partial charge in [0.2, 0.25) is 0 Å². The number of rotatable bonds is 6. The molecular formula is C14H31NO3. The maximum Gasteiger partial charge on any atom is 0.293 e. The molecule has 0 aromatic carbocycles. The first-order valence-corrected chi connectivity index (χ1v) is 7.20. The second-order valence-electron chi connectivity index (χ2n) is 3.84. The van der Waals surface area contributed by atoms with Crippen molar-refractivity contribution in [1.82, 2.24) is 4.90 Å². The molecule has 0 atom stereocenters. The highest BCUT2D eigenvalue weighted by atomic mass is 16.5. The molecule has 18 heavy (non-hydrogen) atoms. The van der Waals surface area contributed by atoms with Crippen molar-refractivity contribution in [2.45, 2.75) is 47.0 Å². The minimum absolute atomic E-state index is 0.509. The summed E-state index contributed by atoms with van der Waals surface area (Å²) in [6, 6.07) is 0. The molecule has 1 saturated heterocycles. The van der Waals surface area contributed by atoms with E-state index in [2.05, 4.69) is 23.5 Å². The van der Waals surface area contributed by atoms with Gasteiger partial charge in [-0.15, -0.1) is 0 Å². The van der Waals surface area contributed by atoms with Gasteiger partial charge < -0.3 is 9.47 Å². The summed E-state index contributed by atoms with van der Waals surface area (Å²) in [4.78, 5) is 12.2. The van der Waals surface area contributed by atoms with Crippen LogP contribution in [-0.2, 0) is 14.3 Å². The van der Waals surface area contributed by atoms with Gasteiger partial charge >= 0.3 is 0 Å². The average Bonchev–Trinajstić information content (AvgIpc) is 2.43. The van der Waals surface area contributed by atoms with E-state index < -0.39 is 0 Å². The molecule has 0 unspecified atom stereocenters. The first kappa shape index (κ1) is 19.7. The Labute approximate surface area is 113 Å². The molecule has 1 fully saturated rings. The SMILES string of the molecule is CC.CCC.O=COCCCCN1CCOCC1. The van der Waals surface area contributed by atoms with Crippen LogP contribution in [0.5, 0.6) is 0 Å². The van der Waals surface area contributed by atoms with Crippen molar-refractivity contribution < 1.29 is 14.3 Å². The molecule has 1 heterocycles. The minimum Gasteiger partial charge on any atom is -0.468 e. The van der Waals surface area contributed by atoms with E-state index >= 15 is 0 Å². The van der Waals surface area contributed by atoms with Crippen LogP contribution in [-0.4, -0.2) is 50.8 Å². The summed E-state index contributed by atoms with van der Waals surface area (Å²) in [7, 11) is 0. The molecule has 1 rings (SSSR count). The van der Waals surface area contributed by atoms with Crippen molar-refractivity contribution in [3.63, 3.8) is 0 Å². The second kappa shape index (κ2) is 18.7. The molecule has 0 bridgehead atoms. The Hall–Kier alpha value is -0.610. The number of carbonyl (C=O) groups excluding carboxylic acids is 1. The molecule has 4 heteroatoms. The van der Waals surface area contributed by atoms with E-state index in [4.69, 9.17) is 4.74 Å². The van der Waals surface area contributed by atoms with Gasteiger partial charge in [0.05, 0.1) is 19.8 Å². The molecule has 1 aliphatic heterocycles. The van der Waals surface area contributed by atoms with Crippen molar-refractivity contribution in [2.24, 2.45) is 0 Å². The van der Waals surface area contributed by atoms with Crippen LogP contribution in [0.3, 0.4) is 0 Å². The molecule has 1 aliphatic rings. The summed E-state index contributed by atoms with van der Waals surface area (Å²) in [5.41, 5.74) is 0. The lowest BCUT2D eigenvalue weighted by molar-refractivity contribution is -0.128. The van der Waals surface area contributed by atoms with Gasteiger partial charge in [0.25, 0.3) is 6.47 Å². The number of carbonyl (C=O) groups is 1. The fraction of sp³-hybridized carbons (Fsp3) is 0.929. The fourth-order valence-corrected chi connectivity index (χ4v) is 1.39. The van der Waals surface area contributed by atoms with Crippen molar-refractivity contribution in [1.29, 1.82) is 0 Å². The molecular weight excluding hydrogens is 230 g/mol. The van der Waals surface area contributed by atoms with Gasteiger partial charge in [-0.05, 0) is 19.4 Å². The second-order valence-corrected chi connectivity index (χ2v) is 3.84. The van der Waals surface area contributed by atoms with Gasteiger partial charge in [-0.3, -0.25) is 9.69 Å². The number of hydrogen-bond acceptors (Lipinski definition) is 4. The zero-order chi connectivity index (χ0) is 14.1. The molecule has 0 spiro atoms. The summed E-state index contributed by atoms with van der Waals surface area (Å²) in [6.07, 6.45) is 3.30. The van der Waals surface area contributed by atoms with Crippen LogP contribution in [0.2, 0.25) is 0 Å². The number of unbranched alkanes of at least 4 members (excludes halogenated alkanes) is 1. The van der Waals surface area contributed by atoms with Crippen molar-refractivity contribution in [3.8, 4) is 0 Å². The van der Waals surface area contributed by atoms with Gasteiger partial charge in [0.1, 0.15) is 0 Å². The van der Waals surface area contributed by atoms with E-state index in [-0.39, 0.29) is 0 Å². The van der Waals surface area contributed by atoms with E-state index in [1.807, 2.05) is 13.8 Å². The lowest BCUT2D eigenvalue weighted by Gasteiger charge is -2.26. The summed E-state index contributed by atoms with van der Waals surface area (Å²) in [6.45, 7) is 14.2. The Balaban J connectivity index is 0. The predicted octanol–water partition coefficient (Wildman–Crippen LogP) is 2.71. The Kier molecular flexibility index (Phi) is 20.5. The molecule has 0 N–H and O–H groups in total. The van der Waals surface area contributed by atoms with E-state index in [1.165, 1.54) is 6.42 Å². The first-order chi connectivity index (χ1) is 8.85. The molecule has 0 amide bonds. The quantitative estimate of drug-likeness (QED) is 0.544. The zero-order valence-corrected chi connectivity index (χ0v) is 12.6. The van der Waals surface area contributed by atoms with Gasteiger partial charge in [-0.25, -0.2) is 0 Å². The molecule has 0 aliphatic carbocycles. The number of hydrogen-bond donors (Lipinski definition) is 0. The van der Waals surface area contributed by atoms with Gasteiger partial charge in [-0.1, -0.05) is 34.1 Å². The third kappa shape index (κ3) is 15.4.